The average molecular weight is 268 g/mol. The van der Waals surface area contributed by atoms with E-state index in [9.17, 15) is 4.79 Å². The number of nitrogen functional groups attached to an aromatic ring is 1. The number of nitrogens with one attached hydrogen (secondary N) is 1. The lowest BCUT2D eigenvalue weighted by molar-refractivity contribution is 0.758. The summed E-state index contributed by atoms with van der Waals surface area (Å²) in [5.74, 6) is 0.318. The SMILES string of the molecule is Nc1cc(=O)[nH]c(=S)n1Cc1ccccc1Cl. The predicted molar refractivity (Wildman–Crippen MR) is 70.9 cm³/mol. The minimum atomic E-state index is -0.303. The first-order chi connectivity index (χ1) is 8.08. The summed E-state index contributed by atoms with van der Waals surface area (Å²) in [6, 6.07) is 8.71. The maximum Gasteiger partial charge on any atom is 0.253 e. The van der Waals surface area contributed by atoms with Crippen molar-refractivity contribution in [1.82, 2.24) is 9.55 Å². The van der Waals surface area contributed by atoms with Gasteiger partial charge in [0.1, 0.15) is 5.82 Å². The molecule has 4 nitrogen and oxygen atoms in total. The van der Waals surface area contributed by atoms with Gasteiger partial charge in [-0.2, -0.15) is 0 Å². The van der Waals surface area contributed by atoms with Crippen LogP contribution in [0.5, 0.6) is 0 Å². The molecular formula is C11H10ClN3OS. The van der Waals surface area contributed by atoms with Crippen molar-refractivity contribution in [2.45, 2.75) is 6.54 Å². The Labute approximate surface area is 108 Å². The monoisotopic (exact) mass is 267 g/mol. The Morgan fingerprint density at radius 3 is 2.76 bits per heavy atom. The molecular weight excluding hydrogens is 258 g/mol. The summed E-state index contributed by atoms with van der Waals surface area (Å²) >= 11 is 11.1. The number of halogens is 1. The first-order valence-electron chi connectivity index (χ1n) is 4.91. The van der Waals surface area contributed by atoms with E-state index in [1.807, 2.05) is 18.2 Å². The maximum atomic E-state index is 11.1. The molecule has 0 bridgehead atoms. The number of aromatic amines is 1. The largest absolute Gasteiger partial charge is 0.385 e. The number of hydrogen-bond acceptors (Lipinski definition) is 3. The van der Waals surface area contributed by atoms with Gasteiger partial charge in [0.2, 0.25) is 0 Å². The van der Waals surface area contributed by atoms with Crippen LogP contribution in [0.25, 0.3) is 0 Å². The molecule has 0 aliphatic rings. The molecule has 2 rings (SSSR count). The molecule has 1 aromatic carbocycles. The van der Waals surface area contributed by atoms with E-state index in [1.54, 1.807) is 10.6 Å². The zero-order chi connectivity index (χ0) is 12.4. The Balaban J connectivity index is 2.48. The zero-order valence-electron chi connectivity index (χ0n) is 8.81. The molecule has 17 heavy (non-hydrogen) atoms. The van der Waals surface area contributed by atoms with Gasteiger partial charge < -0.3 is 10.3 Å². The van der Waals surface area contributed by atoms with E-state index in [0.717, 1.165) is 5.56 Å². The summed E-state index contributed by atoms with van der Waals surface area (Å²) in [5.41, 5.74) is 6.34. The van der Waals surface area contributed by atoms with Gasteiger partial charge in [0.25, 0.3) is 5.56 Å². The summed E-state index contributed by atoms with van der Waals surface area (Å²) in [6.45, 7) is 0.432. The van der Waals surface area contributed by atoms with Crippen LogP contribution in [0.4, 0.5) is 5.82 Å². The standard InChI is InChI=1S/C11H10ClN3OS/c12-8-4-2-1-3-7(8)6-15-9(13)5-10(16)14-11(15)17/h1-5H,6,13H2,(H,14,16,17). The van der Waals surface area contributed by atoms with E-state index >= 15 is 0 Å². The Kier molecular flexibility index (Phi) is 3.31. The van der Waals surface area contributed by atoms with Gasteiger partial charge >= 0.3 is 0 Å². The van der Waals surface area contributed by atoms with Crippen molar-refractivity contribution in [3.63, 3.8) is 0 Å². The van der Waals surface area contributed by atoms with Crippen LogP contribution in [0.1, 0.15) is 5.56 Å². The van der Waals surface area contributed by atoms with Crippen LogP contribution in [0.15, 0.2) is 35.1 Å². The summed E-state index contributed by atoms with van der Waals surface area (Å²) in [7, 11) is 0. The molecule has 3 N–H and O–H groups in total. The average Bonchev–Trinajstić information content (AvgIpc) is 2.25. The van der Waals surface area contributed by atoms with Crippen LogP contribution >= 0.6 is 23.8 Å². The van der Waals surface area contributed by atoms with Crippen molar-refractivity contribution >= 4 is 29.6 Å². The fourth-order valence-corrected chi connectivity index (χ4v) is 1.96. The van der Waals surface area contributed by atoms with Gasteiger partial charge in [-0.3, -0.25) is 9.78 Å². The first-order valence-corrected chi connectivity index (χ1v) is 5.69. The highest BCUT2D eigenvalue weighted by molar-refractivity contribution is 7.71. The second-order valence-electron chi connectivity index (χ2n) is 3.54. The first kappa shape index (κ1) is 11.9. The van der Waals surface area contributed by atoms with Crippen LogP contribution in [-0.2, 0) is 6.54 Å². The molecule has 88 valence electrons. The summed E-state index contributed by atoms with van der Waals surface area (Å²) in [5, 5.41) is 0.639. The highest BCUT2D eigenvalue weighted by Crippen LogP contribution is 2.17. The quantitative estimate of drug-likeness (QED) is 0.820. The van der Waals surface area contributed by atoms with Gasteiger partial charge in [0.05, 0.1) is 6.54 Å². The van der Waals surface area contributed by atoms with Crippen molar-refractivity contribution in [1.29, 1.82) is 0 Å². The smallest absolute Gasteiger partial charge is 0.253 e. The normalized spacial score (nSPS) is 10.4. The van der Waals surface area contributed by atoms with Crippen molar-refractivity contribution in [3.05, 3.63) is 56.0 Å². The van der Waals surface area contributed by atoms with Gasteiger partial charge in [-0.25, -0.2) is 0 Å². The molecule has 0 amide bonds. The Hall–Kier alpha value is -1.59. The highest BCUT2D eigenvalue weighted by Gasteiger charge is 2.04. The molecule has 0 saturated carbocycles. The third-order valence-corrected chi connectivity index (χ3v) is 3.04. The molecule has 6 heteroatoms. The summed E-state index contributed by atoms with van der Waals surface area (Å²) in [4.78, 5) is 13.7. The minimum absolute atomic E-state index is 0.287. The van der Waals surface area contributed by atoms with Gasteiger partial charge in [-0.15, -0.1) is 0 Å². The number of nitrogens with zero attached hydrogens (tertiary/aromatic N) is 1. The van der Waals surface area contributed by atoms with E-state index in [2.05, 4.69) is 4.98 Å². The number of rotatable bonds is 2. The van der Waals surface area contributed by atoms with Crippen molar-refractivity contribution in [3.8, 4) is 0 Å². The summed E-state index contributed by atoms with van der Waals surface area (Å²) < 4.78 is 1.91. The van der Waals surface area contributed by atoms with Crippen LogP contribution < -0.4 is 11.3 Å². The second-order valence-corrected chi connectivity index (χ2v) is 4.34. The molecule has 0 unspecified atom stereocenters. The molecule has 0 saturated heterocycles. The Morgan fingerprint density at radius 2 is 2.12 bits per heavy atom. The molecule has 0 aliphatic heterocycles. The summed E-state index contributed by atoms with van der Waals surface area (Å²) in [6.07, 6.45) is 0. The number of aromatic nitrogens is 2. The van der Waals surface area contributed by atoms with E-state index in [4.69, 9.17) is 29.6 Å². The van der Waals surface area contributed by atoms with Crippen molar-refractivity contribution in [2.75, 3.05) is 5.73 Å². The minimum Gasteiger partial charge on any atom is -0.385 e. The van der Waals surface area contributed by atoms with E-state index in [-0.39, 0.29) is 10.3 Å². The highest BCUT2D eigenvalue weighted by atomic mass is 35.5. The Bertz CT molecular complexity index is 662. The van der Waals surface area contributed by atoms with Crippen molar-refractivity contribution < 1.29 is 0 Å². The number of nitrogens with two attached hydrogens (primary N) is 1. The van der Waals surface area contributed by atoms with Gasteiger partial charge in [0, 0.05) is 11.1 Å². The molecule has 1 heterocycles. The lowest BCUT2D eigenvalue weighted by atomic mass is 10.2. The van der Waals surface area contributed by atoms with Gasteiger partial charge in [-0.05, 0) is 23.8 Å². The number of hydrogen-bond donors (Lipinski definition) is 2. The van der Waals surface area contributed by atoms with Crippen molar-refractivity contribution in [2.24, 2.45) is 0 Å². The predicted octanol–water partition coefficient (Wildman–Crippen LogP) is 2.19. The van der Waals surface area contributed by atoms with Crippen LogP contribution in [0, 0.1) is 4.77 Å². The second kappa shape index (κ2) is 4.73. The van der Waals surface area contributed by atoms with E-state index in [1.165, 1.54) is 6.07 Å². The molecule has 0 radical (unpaired) electrons. The van der Waals surface area contributed by atoms with E-state index < -0.39 is 0 Å². The third kappa shape index (κ3) is 2.57. The lowest BCUT2D eigenvalue weighted by Crippen LogP contribution is -2.16. The molecule has 0 fully saturated rings. The van der Waals surface area contributed by atoms with Crippen LogP contribution in [0.2, 0.25) is 5.02 Å². The van der Waals surface area contributed by atoms with Gasteiger partial charge in [0.15, 0.2) is 4.77 Å². The number of anilines is 1. The topological polar surface area (TPSA) is 63.8 Å². The zero-order valence-corrected chi connectivity index (χ0v) is 10.4. The fourth-order valence-electron chi connectivity index (χ4n) is 1.50. The van der Waals surface area contributed by atoms with Crippen LogP contribution in [-0.4, -0.2) is 9.55 Å². The van der Waals surface area contributed by atoms with Crippen LogP contribution in [0.3, 0.4) is 0 Å². The molecule has 2 aromatic rings. The number of benzene rings is 1. The molecule has 0 aliphatic carbocycles. The van der Waals surface area contributed by atoms with E-state index in [0.29, 0.717) is 17.4 Å². The maximum absolute atomic E-state index is 11.1. The molecule has 0 spiro atoms. The fraction of sp³-hybridized carbons (Fsp3) is 0.0909. The molecule has 0 atom stereocenters. The molecule has 1 aromatic heterocycles. The lowest BCUT2D eigenvalue weighted by Gasteiger charge is -2.10. The third-order valence-electron chi connectivity index (χ3n) is 2.35. The Morgan fingerprint density at radius 1 is 1.41 bits per heavy atom. The number of H-pyrrole nitrogens is 1. The van der Waals surface area contributed by atoms with Gasteiger partial charge in [-0.1, -0.05) is 29.8 Å².